The Kier molecular flexibility index (Phi) is 2.96. The second-order valence-corrected chi connectivity index (χ2v) is 5.10. The molecule has 2 aliphatic rings. The van der Waals surface area contributed by atoms with Crippen LogP contribution in [0.15, 0.2) is 24.3 Å². The van der Waals surface area contributed by atoms with E-state index in [1.165, 1.54) is 17.5 Å². The summed E-state index contributed by atoms with van der Waals surface area (Å²) >= 11 is 0. The number of rotatable bonds is 2. The summed E-state index contributed by atoms with van der Waals surface area (Å²) < 4.78 is 5.09. The molecule has 0 spiro atoms. The van der Waals surface area contributed by atoms with Crippen LogP contribution in [0, 0.1) is 0 Å². The first kappa shape index (κ1) is 11.5. The second-order valence-electron chi connectivity index (χ2n) is 5.10. The maximum Gasteiger partial charge on any atom is 0.404 e. The molecule has 0 radical (unpaired) electrons. The highest BCUT2D eigenvalue weighted by atomic mass is 16.6. The van der Waals surface area contributed by atoms with Gasteiger partial charge in [-0.15, -0.1) is 0 Å². The van der Waals surface area contributed by atoms with Crippen LogP contribution in [0.25, 0.3) is 0 Å². The van der Waals surface area contributed by atoms with Crippen molar-refractivity contribution in [3.8, 4) is 0 Å². The molecule has 1 saturated heterocycles. The number of primary amides is 1. The van der Waals surface area contributed by atoms with Crippen molar-refractivity contribution in [2.24, 2.45) is 5.73 Å². The van der Waals surface area contributed by atoms with Gasteiger partial charge in [-0.25, -0.2) is 4.79 Å². The monoisotopic (exact) mass is 246 g/mol. The molecule has 2 N–H and O–H groups in total. The average Bonchev–Trinajstić information content (AvgIpc) is 2.94. The summed E-state index contributed by atoms with van der Waals surface area (Å²) in [5.74, 6) is 0. The van der Waals surface area contributed by atoms with Crippen LogP contribution >= 0.6 is 0 Å². The highest BCUT2D eigenvalue weighted by molar-refractivity contribution is 5.64. The van der Waals surface area contributed by atoms with E-state index in [1.54, 1.807) is 0 Å². The molecule has 18 heavy (non-hydrogen) atoms. The first-order valence-electron chi connectivity index (χ1n) is 6.52. The highest BCUT2D eigenvalue weighted by Crippen LogP contribution is 2.37. The molecule has 0 saturated carbocycles. The second kappa shape index (κ2) is 4.61. The number of aryl methyl sites for hydroxylation is 1. The maximum atomic E-state index is 10.8. The number of ether oxygens (including phenoxy) is 1. The minimum absolute atomic E-state index is 0.0322. The topological polar surface area (TPSA) is 55.6 Å². The van der Waals surface area contributed by atoms with Gasteiger partial charge in [-0.3, -0.25) is 4.90 Å². The molecule has 1 aliphatic heterocycles. The number of nitrogens with two attached hydrogens (primary N) is 1. The minimum Gasteiger partial charge on any atom is -0.445 e. The first-order valence-corrected chi connectivity index (χ1v) is 6.52. The normalized spacial score (nSPS) is 27.1. The predicted octanol–water partition coefficient (Wildman–Crippen LogP) is 1.84. The van der Waals surface area contributed by atoms with E-state index in [0.29, 0.717) is 6.04 Å². The van der Waals surface area contributed by atoms with Gasteiger partial charge in [-0.1, -0.05) is 24.3 Å². The van der Waals surface area contributed by atoms with Crippen LogP contribution in [0.1, 0.15) is 30.0 Å². The lowest BCUT2D eigenvalue weighted by molar-refractivity contribution is 0.104. The Labute approximate surface area is 107 Å². The summed E-state index contributed by atoms with van der Waals surface area (Å²) in [6.45, 7) is 1.79. The largest absolute Gasteiger partial charge is 0.445 e. The fraction of sp³-hybridized carbons (Fsp3) is 0.500. The summed E-state index contributed by atoms with van der Waals surface area (Å²) in [7, 11) is 0. The van der Waals surface area contributed by atoms with Gasteiger partial charge in [-0.05, 0) is 30.4 Å². The summed E-state index contributed by atoms with van der Waals surface area (Å²) in [4.78, 5) is 13.2. The van der Waals surface area contributed by atoms with Gasteiger partial charge >= 0.3 is 6.09 Å². The van der Waals surface area contributed by atoms with Crippen molar-refractivity contribution in [2.75, 3.05) is 13.1 Å². The van der Waals surface area contributed by atoms with E-state index in [4.69, 9.17) is 10.5 Å². The Bertz CT molecular complexity index is 461. The summed E-state index contributed by atoms with van der Waals surface area (Å²) in [5.41, 5.74) is 7.97. The number of carbonyl (C=O) groups excluding carboxylic acids is 1. The zero-order chi connectivity index (χ0) is 12.5. The molecule has 4 nitrogen and oxygen atoms in total. The van der Waals surface area contributed by atoms with E-state index in [2.05, 4.69) is 29.2 Å². The van der Waals surface area contributed by atoms with E-state index < -0.39 is 6.09 Å². The van der Waals surface area contributed by atoms with Crippen molar-refractivity contribution in [1.29, 1.82) is 0 Å². The van der Waals surface area contributed by atoms with Gasteiger partial charge in [0.25, 0.3) is 0 Å². The SMILES string of the molecule is NC(=O)O[C@H]1CCN([C@H]2CCc3ccccc32)C1. The summed E-state index contributed by atoms with van der Waals surface area (Å²) in [5, 5.41) is 0. The molecule has 2 atom stereocenters. The van der Waals surface area contributed by atoms with Crippen molar-refractivity contribution < 1.29 is 9.53 Å². The van der Waals surface area contributed by atoms with Crippen molar-refractivity contribution in [1.82, 2.24) is 4.90 Å². The van der Waals surface area contributed by atoms with E-state index in [-0.39, 0.29) is 6.10 Å². The Hall–Kier alpha value is -1.55. The van der Waals surface area contributed by atoms with Crippen LogP contribution in [-0.4, -0.2) is 30.2 Å². The third-order valence-corrected chi connectivity index (χ3v) is 4.00. The molecule has 1 aromatic rings. The van der Waals surface area contributed by atoms with Crippen LogP contribution in [-0.2, 0) is 11.2 Å². The Balaban J connectivity index is 1.69. The molecule has 0 bridgehead atoms. The van der Waals surface area contributed by atoms with Crippen LogP contribution in [0.5, 0.6) is 0 Å². The Morgan fingerprint density at radius 3 is 3.00 bits per heavy atom. The van der Waals surface area contributed by atoms with Gasteiger partial charge in [0.2, 0.25) is 0 Å². The molecule has 4 heteroatoms. The molecule has 0 unspecified atom stereocenters. The predicted molar refractivity (Wildman–Crippen MR) is 68.2 cm³/mol. The van der Waals surface area contributed by atoms with Crippen molar-refractivity contribution in [3.63, 3.8) is 0 Å². The number of carbonyl (C=O) groups is 1. The molecule has 1 fully saturated rings. The minimum atomic E-state index is -0.659. The van der Waals surface area contributed by atoms with Gasteiger partial charge in [0.1, 0.15) is 6.10 Å². The first-order chi connectivity index (χ1) is 8.74. The van der Waals surface area contributed by atoms with Gasteiger partial charge < -0.3 is 10.5 Å². The molecule has 3 rings (SSSR count). The average molecular weight is 246 g/mol. The van der Waals surface area contributed by atoms with E-state index in [9.17, 15) is 4.79 Å². The lowest BCUT2D eigenvalue weighted by Gasteiger charge is -2.24. The number of amides is 1. The molecule has 1 aromatic carbocycles. The maximum absolute atomic E-state index is 10.8. The molecule has 0 aromatic heterocycles. The van der Waals surface area contributed by atoms with Gasteiger partial charge in [0.15, 0.2) is 0 Å². The number of benzene rings is 1. The molecule has 1 amide bonds. The number of fused-ring (bicyclic) bond motifs is 1. The van der Waals surface area contributed by atoms with Crippen LogP contribution in [0.4, 0.5) is 4.79 Å². The highest BCUT2D eigenvalue weighted by Gasteiger charge is 2.33. The lowest BCUT2D eigenvalue weighted by atomic mass is 10.1. The standard InChI is InChI=1S/C14H18N2O2/c15-14(17)18-11-7-8-16(9-11)13-6-5-10-3-1-2-4-12(10)13/h1-4,11,13H,5-9H2,(H2,15,17)/t11-,13-/m0/s1. The Morgan fingerprint density at radius 2 is 2.17 bits per heavy atom. The quantitative estimate of drug-likeness (QED) is 0.866. The molecular formula is C14H18N2O2. The van der Waals surface area contributed by atoms with Crippen molar-refractivity contribution in [2.45, 2.75) is 31.4 Å². The van der Waals surface area contributed by atoms with Crippen LogP contribution in [0.3, 0.4) is 0 Å². The van der Waals surface area contributed by atoms with Crippen molar-refractivity contribution >= 4 is 6.09 Å². The molecule has 1 heterocycles. The fourth-order valence-electron chi connectivity index (χ4n) is 3.21. The van der Waals surface area contributed by atoms with Gasteiger partial charge in [0, 0.05) is 19.1 Å². The zero-order valence-electron chi connectivity index (χ0n) is 10.3. The number of hydrogen-bond donors (Lipinski definition) is 1. The smallest absolute Gasteiger partial charge is 0.404 e. The third-order valence-electron chi connectivity index (χ3n) is 4.00. The number of likely N-dealkylation sites (tertiary alicyclic amines) is 1. The lowest BCUT2D eigenvalue weighted by Crippen LogP contribution is -2.29. The number of hydrogen-bond acceptors (Lipinski definition) is 3. The van der Waals surface area contributed by atoms with E-state index in [1.807, 2.05) is 0 Å². The molecular weight excluding hydrogens is 228 g/mol. The zero-order valence-corrected chi connectivity index (χ0v) is 10.3. The summed E-state index contributed by atoms with van der Waals surface area (Å²) in [6, 6.07) is 9.12. The van der Waals surface area contributed by atoms with Gasteiger partial charge in [-0.2, -0.15) is 0 Å². The van der Waals surface area contributed by atoms with E-state index >= 15 is 0 Å². The van der Waals surface area contributed by atoms with Gasteiger partial charge in [0.05, 0.1) is 0 Å². The molecule has 96 valence electrons. The molecule has 1 aliphatic carbocycles. The number of nitrogens with zero attached hydrogens (tertiary/aromatic N) is 1. The van der Waals surface area contributed by atoms with Crippen LogP contribution in [0.2, 0.25) is 0 Å². The van der Waals surface area contributed by atoms with E-state index in [0.717, 1.165) is 25.9 Å². The van der Waals surface area contributed by atoms with Crippen molar-refractivity contribution in [3.05, 3.63) is 35.4 Å². The van der Waals surface area contributed by atoms with Crippen LogP contribution < -0.4 is 5.73 Å². The fourth-order valence-corrected chi connectivity index (χ4v) is 3.21. The Morgan fingerprint density at radius 1 is 1.33 bits per heavy atom. The third kappa shape index (κ3) is 2.08. The summed E-state index contributed by atoms with van der Waals surface area (Å²) in [6.07, 6.45) is 2.52.